The Balaban J connectivity index is 1.96. The molecule has 20 heavy (non-hydrogen) atoms. The number of amides is 1. The van der Waals surface area contributed by atoms with Crippen LogP contribution in [0.3, 0.4) is 0 Å². The van der Waals surface area contributed by atoms with Gasteiger partial charge in [0.25, 0.3) is 0 Å². The Morgan fingerprint density at radius 2 is 2.10 bits per heavy atom. The van der Waals surface area contributed by atoms with E-state index >= 15 is 0 Å². The molecule has 1 saturated heterocycles. The summed E-state index contributed by atoms with van der Waals surface area (Å²) in [7, 11) is 1.68. The van der Waals surface area contributed by atoms with Crippen molar-refractivity contribution in [3.05, 3.63) is 29.3 Å². The summed E-state index contributed by atoms with van der Waals surface area (Å²) < 4.78 is 5.39. The van der Waals surface area contributed by atoms with Crippen molar-refractivity contribution in [1.29, 1.82) is 0 Å². The molecule has 1 aliphatic rings. The van der Waals surface area contributed by atoms with Gasteiger partial charge in [-0.2, -0.15) is 0 Å². The lowest BCUT2D eigenvalue weighted by Crippen LogP contribution is -2.46. The molecule has 1 heterocycles. The third-order valence-electron chi connectivity index (χ3n) is 3.83. The Kier molecular flexibility index (Phi) is 5.41. The van der Waals surface area contributed by atoms with Crippen molar-refractivity contribution in [2.45, 2.75) is 26.2 Å². The highest BCUT2D eigenvalue weighted by atomic mass is 16.5. The lowest BCUT2D eigenvalue weighted by Gasteiger charge is -2.27. The first kappa shape index (κ1) is 14.9. The summed E-state index contributed by atoms with van der Waals surface area (Å²) in [6.45, 7) is 5.59. The maximum Gasteiger partial charge on any atom is 0.222 e. The zero-order chi connectivity index (χ0) is 14.4. The molecule has 0 atom stereocenters. The molecule has 0 aliphatic carbocycles. The van der Waals surface area contributed by atoms with Crippen LogP contribution in [0.2, 0.25) is 0 Å². The molecule has 1 amide bonds. The van der Waals surface area contributed by atoms with Crippen LogP contribution in [-0.2, 0) is 17.6 Å². The van der Waals surface area contributed by atoms with Crippen molar-refractivity contribution in [3.63, 3.8) is 0 Å². The average molecular weight is 276 g/mol. The molecule has 4 nitrogen and oxygen atoms in total. The van der Waals surface area contributed by atoms with E-state index in [2.05, 4.69) is 24.4 Å². The van der Waals surface area contributed by atoms with E-state index in [1.165, 1.54) is 5.56 Å². The van der Waals surface area contributed by atoms with Crippen LogP contribution < -0.4 is 10.1 Å². The molecular weight excluding hydrogens is 252 g/mol. The lowest BCUT2D eigenvalue weighted by molar-refractivity contribution is -0.131. The summed E-state index contributed by atoms with van der Waals surface area (Å²) in [5, 5.41) is 3.26. The molecule has 4 heteroatoms. The summed E-state index contributed by atoms with van der Waals surface area (Å²) in [5.74, 6) is 1.13. The summed E-state index contributed by atoms with van der Waals surface area (Å²) in [5.41, 5.74) is 2.42. The predicted molar refractivity (Wildman–Crippen MR) is 80.1 cm³/mol. The molecule has 0 saturated carbocycles. The summed E-state index contributed by atoms with van der Waals surface area (Å²) in [6, 6.07) is 6.24. The SMILES string of the molecule is CCc1ccc(OC)c(CCC(=O)N2CCNCC2)c1. The van der Waals surface area contributed by atoms with E-state index in [1.54, 1.807) is 7.11 Å². The maximum atomic E-state index is 12.2. The molecule has 1 aromatic rings. The van der Waals surface area contributed by atoms with Crippen molar-refractivity contribution < 1.29 is 9.53 Å². The Bertz CT molecular complexity index is 454. The van der Waals surface area contributed by atoms with E-state index in [-0.39, 0.29) is 5.91 Å². The van der Waals surface area contributed by atoms with Crippen molar-refractivity contribution in [2.24, 2.45) is 0 Å². The van der Waals surface area contributed by atoms with Gasteiger partial charge < -0.3 is 15.0 Å². The summed E-state index contributed by atoms with van der Waals surface area (Å²) in [4.78, 5) is 14.1. The van der Waals surface area contributed by atoms with Crippen molar-refractivity contribution in [1.82, 2.24) is 10.2 Å². The fraction of sp³-hybridized carbons (Fsp3) is 0.562. The quantitative estimate of drug-likeness (QED) is 0.888. The van der Waals surface area contributed by atoms with E-state index in [4.69, 9.17) is 4.74 Å². The minimum absolute atomic E-state index is 0.246. The van der Waals surface area contributed by atoms with Crippen molar-refractivity contribution in [3.8, 4) is 5.75 Å². The first-order valence-corrected chi connectivity index (χ1v) is 7.39. The number of aryl methyl sites for hydroxylation is 2. The second kappa shape index (κ2) is 7.29. The number of carbonyl (C=O) groups excluding carboxylic acids is 1. The minimum atomic E-state index is 0.246. The van der Waals surface area contributed by atoms with Crippen LogP contribution in [-0.4, -0.2) is 44.1 Å². The molecule has 110 valence electrons. The van der Waals surface area contributed by atoms with Crippen LogP contribution in [0.1, 0.15) is 24.5 Å². The molecule has 1 aliphatic heterocycles. The number of methoxy groups -OCH3 is 1. The number of nitrogens with zero attached hydrogens (tertiary/aromatic N) is 1. The number of hydrogen-bond acceptors (Lipinski definition) is 3. The van der Waals surface area contributed by atoms with Crippen LogP contribution in [0, 0.1) is 0 Å². The van der Waals surface area contributed by atoms with Gasteiger partial charge in [-0.1, -0.05) is 19.1 Å². The van der Waals surface area contributed by atoms with Gasteiger partial charge in [-0.05, 0) is 30.0 Å². The molecule has 1 fully saturated rings. The Labute approximate surface area is 121 Å². The van der Waals surface area contributed by atoms with Gasteiger partial charge in [0.05, 0.1) is 7.11 Å². The van der Waals surface area contributed by atoms with Gasteiger partial charge in [-0.25, -0.2) is 0 Å². The van der Waals surface area contributed by atoms with Crippen LogP contribution >= 0.6 is 0 Å². The monoisotopic (exact) mass is 276 g/mol. The summed E-state index contributed by atoms with van der Waals surface area (Å²) in [6.07, 6.45) is 2.31. The van der Waals surface area contributed by atoms with E-state index in [1.807, 2.05) is 11.0 Å². The Morgan fingerprint density at radius 1 is 1.35 bits per heavy atom. The first-order chi connectivity index (χ1) is 9.74. The topological polar surface area (TPSA) is 41.6 Å². The largest absolute Gasteiger partial charge is 0.496 e. The minimum Gasteiger partial charge on any atom is -0.496 e. The molecule has 0 spiro atoms. The van der Waals surface area contributed by atoms with Gasteiger partial charge in [0, 0.05) is 32.6 Å². The van der Waals surface area contributed by atoms with Gasteiger partial charge in [0.1, 0.15) is 5.75 Å². The van der Waals surface area contributed by atoms with Gasteiger partial charge >= 0.3 is 0 Å². The number of hydrogen-bond donors (Lipinski definition) is 1. The lowest BCUT2D eigenvalue weighted by atomic mass is 10.0. The van der Waals surface area contributed by atoms with Gasteiger partial charge in [-0.15, -0.1) is 0 Å². The maximum absolute atomic E-state index is 12.2. The molecule has 0 bridgehead atoms. The Morgan fingerprint density at radius 3 is 2.75 bits per heavy atom. The second-order valence-electron chi connectivity index (χ2n) is 5.13. The van der Waals surface area contributed by atoms with E-state index in [0.717, 1.165) is 50.3 Å². The highest BCUT2D eigenvalue weighted by molar-refractivity contribution is 5.76. The number of carbonyl (C=O) groups is 1. The van der Waals surface area contributed by atoms with Crippen LogP contribution in [0.25, 0.3) is 0 Å². The van der Waals surface area contributed by atoms with Crippen molar-refractivity contribution in [2.75, 3.05) is 33.3 Å². The van der Waals surface area contributed by atoms with E-state index in [9.17, 15) is 4.79 Å². The normalized spacial score (nSPS) is 15.2. The molecular formula is C16H24N2O2. The fourth-order valence-electron chi connectivity index (χ4n) is 2.56. The average Bonchev–Trinajstić information content (AvgIpc) is 2.53. The number of benzene rings is 1. The van der Waals surface area contributed by atoms with E-state index < -0.39 is 0 Å². The van der Waals surface area contributed by atoms with E-state index in [0.29, 0.717) is 6.42 Å². The van der Waals surface area contributed by atoms with Crippen molar-refractivity contribution >= 4 is 5.91 Å². The van der Waals surface area contributed by atoms with Crippen LogP contribution in [0.5, 0.6) is 5.75 Å². The highest BCUT2D eigenvalue weighted by Crippen LogP contribution is 2.22. The second-order valence-corrected chi connectivity index (χ2v) is 5.13. The molecule has 0 unspecified atom stereocenters. The zero-order valence-corrected chi connectivity index (χ0v) is 12.4. The van der Waals surface area contributed by atoms with Gasteiger partial charge in [0.15, 0.2) is 0 Å². The molecule has 0 radical (unpaired) electrons. The zero-order valence-electron chi connectivity index (χ0n) is 12.4. The molecule has 2 rings (SSSR count). The number of piperazine rings is 1. The smallest absolute Gasteiger partial charge is 0.222 e. The number of nitrogens with one attached hydrogen (secondary N) is 1. The van der Waals surface area contributed by atoms with Crippen LogP contribution in [0.4, 0.5) is 0 Å². The fourth-order valence-corrected chi connectivity index (χ4v) is 2.56. The van der Waals surface area contributed by atoms with Crippen LogP contribution in [0.15, 0.2) is 18.2 Å². The standard InChI is InChI=1S/C16H24N2O2/c1-3-13-4-6-15(20-2)14(12-13)5-7-16(19)18-10-8-17-9-11-18/h4,6,12,17H,3,5,7-11H2,1-2H3. The first-order valence-electron chi connectivity index (χ1n) is 7.39. The number of rotatable bonds is 5. The number of ether oxygens (including phenoxy) is 1. The van der Waals surface area contributed by atoms with Gasteiger partial charge in [-0.3, -0.25) is 4.79 Å². The molecule has 1 N–H and O–H groups in total. The highest BCUT2D eigenvalue weighted by Gasteiger charge is 2.16. The molecule has 1 aromatic carbocycles. The third kappa shape index (κ3) is 3.73. The summed E-state index contributed by atoms with van der Waals surface area (Å²) >= 11 is 0. The predicted octanol–water partition coefficient (Wildman–Crippen LogP) is 1.62. The third-order valence-corrected chi connectivity index (χ3v) is 3.83. The Hall–Kier alpha value is -1.55. The van der Waals surface area contributed by atoms with Gasteiger partial charge in [0.2, 0.25) is 5.91 Å². The molecule has 0 aromatic heterocycles.